The average molecular weight is 324 g/mol. The molecule has 0 aromatic heterocycles. The van der Waals surface area contributed by atoms with E-state index in [4.69, 9.17) is 0 Å². The predicted octanol–water partition coefficient (Wildman–Crippen LogP) is 4.48. The molecule has 1 aliphatic heterocycles. The van der Waals surface area contributed by atoms with Crippen LogP contribution < -0.4 is 0 Å². The van der Waals surface area contributed by atoms with Gasteiger partial charge in [-0.05, 0) is 63.3 Å². The molecule has 1 aromatic carbocycles. The van der Waals surface area contributed by atoms with Crippen LogP contribution in [0.5, 0.6) is 5.75 Å². The molecule has 1 aromatic rings. The summed E-state index contributed by atoms with van der Waals surface area (Å²) >= 11 is 3.52. The smallest absolute Gasteiger partial charge is 0.120 e. The van der Waals surface area contributed by atoms with Crippen LogP contribution >= 0.6 is 15.9 Å². The molecule has 2 fully saturated rings. The molecule has 3 atom stereocenters. The molecule has 2 nitrogen and oxygen atoms in total. The van der Waals surface area contributed by atoms with Crippen molar-refractivity contribution in [3.63, 3.8) is 0 Å². The van der Waals surface area contributed by atoms with Crippen LogP contribution in [-0.2, 0) is 0 Å². The topological polar surface area (TPSA) is 23.5 Å². The Morgan fingerprint density at radius 1 is 1.26 bits per heavy atom. The van der Waals surface area contributed by atoms with Gasteiger partial charge in [-0.25, -0.2) is 0 Å². The fraction of sp³-hybridized carbons (Fsp3) is 0.625. The van der Waals surface area contributed by atoms with Crippen LogP contribution in [0, 0.1) is 5.92 Å². The Labute approximate surface area is 123 Å². The first kappa shape index (κ1) is 13.4. The molecule has 19 heavy (non-hydrogen) atoms. The standard InChI is InChI=1S/C16H22BrNO/c1-11(14-10-13(17)7-8-16(14)19)18-9-3-5-12-4-2-6-15(12)18/h7-8,10-12,15,19H,2-6,9H2,1H3. The Morgan fingerprint density at radius 2 is 2.05 bits per heavy atom. The summed E-state index contributed by atoms with van der Waals surface area (Å²) in [6.07, 6.45) is 6.82. The Morgan fingerprint density at radius 3 is 2.89 bits per heavy atom. The van der Waals surface area contributed by atoms with Gasteiger partial charge in [-0.1, -0.05) is 22.4 Å². The zero-order valence-electron chi connectivity index (χ0n) is 11.5. The molecule has 0 radical (unpaired) electrons. The van der Waals surface area contributed by atoms with Crippen molar-refractivity contribution in [3.05, 3.63) is 28.2 Å². The molecule has 3 heteroatoms. The van der Waals surface area contributed by atoms with Crippen LogP contribution in [0.1, 0.15) is 50.6 Å². The summed E-state index contributed by atoms with van der Waals surface area (Å²) in [5, 5.41) is 10.1. The van der Waals surface area contributed by atoms with Crippen molar-refractivity contribution in [1.82, 2.24) is 4.90 Å². The van der Waals surface area contributed by atoms with Crippen LogP contribution in [0.2, 0.25) is 0 Å². The van der Waals surface area contributed by atoms with Crippen molar-refractivity contribution >= 4 is 15.9 Å². The normalized spacial score (nSPS) is 29.2. The van der Waals surface area contributed by atoms with Crippen molar-refractivity contribution in [2.45, 2.75) is 51.1 Å². The van der Waals surface area contributed by atoms with E-state index in [2.05, 4.69) is 33.8 Å². The third-order valence-corrected chi connectivity index (χ3v) is 5.47. The van der Waals surface area contributed by atoms with Crippen molar-refractivity contribution in [2.75, 3.05) is 6.54 Å². The van der Waals surface area contributed by atoms with Gasteiger partial charge in [0.1, 0.15) is 5.75 Å². The van der Waals surface area contributed by atoms with E-state index in [0.717, 1.165) is 22.0 Å². The summed E-state index contributed by atoms with van der Waals surface area (Å²) < 4.78 is 1.05. The van der Waals surface area contributed by atoms with Gasteiger partial charge in [0, 0.05) is 22.1 Å². The second-order valence-electron chi connectivity index (χ2n) is 6.02. The fourth-order valence-electron chi connectivity index (χ4n) is 4.01. The zero-order chi connectivity index (χ0) is 13.4. The van der Waals surface area contributed by atoms with Gasteiger partial charge < -0.3 is 5.11 Å². The molecule has 0 bridgehead atoms. The number of hydrogen-bond acceptors (Lipinski definition) is 2. The lowest BCUT2D eigenvalue weighted by Gasteiger charge is -2.42. The van der Waals surface area contributed by atoms with Crippen LogP contribution in [-0.4, -0.2) is 22.6 Å². The Hall–Kier alpha value is -0.540. The molecular weight excluding hydrogens is 302 g/mol. The number of piperidine rings is 1. The van der Waals surface area contributed by atoms with Gasteiger partial charge in [0.15, 0.2) is 0 Å². The van der Waals surface area contributed by atoms with E-state index in [9.17, 15) is 5.11 Å². The highest BCUT2D eigenvalue weighted by Crippen LogP contribution is 2.42. The van der Waals surface area contributed by atoms with Gasteiger partial charge in [0.2, 0.25) is 0 Å². The number of fused-ring (bicyclic) bond motifs is 1. The summed E-state index contributed by atoms with van der Waals surface area (Å²) in [4.78, 5) is 2.63. The monoisotopic (exact) mass is 323 g/mol. The van der Waals surface area contributed by atoms with Crippen LogP contribution in [0.25, 0.3) is 0 Å². The van der Waals surface area contributed by atoms with E-state index in [0.29, 0.717) is 11.8 Å². The molecular formula is C16H22BrNO. The number of nitrogens with zero attached hydrogens (tertiary/aromatic N) is 1. The Balaban J connectivity index is 1.86. The molecule has 2 aliphatic rings. The lowest BCUT2D eigenvalue weighted by molar-refractivity contribution is 0.0734. The largest absolute Gasteiger partial charge is 0.508 e. The number of aromatic hydroxyl groups is 1. The van der Waals surface area contributed by atoms with Gasteiger partial charge >= 0.3 is 0 Å². The van der Waals surface area contributed by atoms with E-state index in [1.54, 1.807) is 6.07 Å². The molecule has 1 N–H and O–H groups in total. The first-order chi connectivity index (χ1) is 9.16. The molecule has 0 spiro atoms. The van der Waals surface area contributed by atoms with Crippen molar-refractivity contribution in [2.24, 2.45) is 5.92 Å². The molecule has 3 rings (SSSR count). The second kappa shape index (κ2) is 5.45. The highest BCUT2D eigenvalue weighted by atomic mass is 79.9. The summed E-state index contributed by atoms with van der Waals surface area (Å²) in [6, 6.07) is 6.82. The average Bonchev–Trinajstić information content (AvgIpc) is 2.89. The van der Waals surface area contributed by atoms with E-state index < -0.39 is 0 Å². The molecule has 1 heterocycles. The van der Waals surface area contributed by atoms with E-state index >= 15 is 0 Å². The fourth-order valence-corrected chi connectivity index (χ4v) is 4.39. The number of hydrogen-bond donors (Lipinski definition) is 1. The number of phenolic OH excluding ortho intramolecular Hbond substituents is 1. The van der Waals surface area contributed by atoms with Crippen LogP contribution in [0.4, 0.5) is 0 Å². The van der Waals surface area contributed by atoms with E-state index in [-0.39, 0.29) is 0 Å². The SMILES string of the molecule is CC(c1cc(Br)ccc1O)N1CCCC2CCCC21. The third-order valence-electron chi connectivity index (χ3n) is 4.97. The molecule has 1 saturated heterocycles. The Kier molecular flexibility index (Phi) is 3.86. The predicted molar refractivity (Wildman–Crippen MR) is 81.3 cm³/mol. The highest BCUT2D eigenvalue weighted by molar-refractivity contribution is 9.10. The Bertz CT molecular complexity index is 462. The highest BCUT2D eigenvalue weighted by Gasteiger charge is 2.37. The molecule has 104 valence electrons. The number of likely N-dealkylation sites (tertiary alicyclic amines) is 1. The molecule has 0 amide bonds. The van der Waals surface area contributed by atoms with E-state index in [1.165, 1.54) is 38.6 Å². The third kappa shape index (κ3) is 2.55. The molecule has 1 saturated carbocycles. The number of halogens is 1. The van der Waals surface area contributed by atoms with E-state index in [1.807, 2.05) is 6.07 Å². The maximum absolute atomic E-state index is 10.1. The second-order valence-corrected chi connectivity index (χ2v) is 6.93. The van der Waals surface area contributed by atoms with Crippen molar-refractivity contribution in [1.29, 1.82) is 0 Å². The quantitative estimate of drug-likeness (QED) is 0.867. The maximum Gasteiger partial charge on any atom is 0.120 e. The number of benzene rings is 1. The maximum atomic E-state index is 10.1. The molecule has 3 unspecified atom stereocenters. The first-order valence-electron chi connectivity index (χ1n) is 7.41. The number of phenols is 1. The van der Waals surface area contributed by atoms with Crippen molar-refractivity contribution < 1.29 is 5.11 Å². The minimum atomic E-state index is 0.309. The lowest BCUT2D eigenvalue weighted by atomic mass is 9.89. The van der Waals surface area contributed by atoms with Gasteiger partial charge in [-0.15, -0.1) is 0 Å². The van der Waals surface area contributed by atoms with Crippen LogP contribution in [0.15, 0.2) is 22.7 Å². The van der Waals surface area contributed by atoms with Gasteiger partial charge in [0.25, 0.3) is 0 Å². The lowest BCUT2D eigenvalue weighted by Crippen LogP contribution is -2.43. The summed E-state index contributed by atoms with van der Waals surface area (Å²) in [6.45, 7) is 3.41. The van der Waals surface area contributed by atoms with Gasteiger partial charge in [-0.3, -0.25) is 4.90 Å². The summed E-state index contributed by atoms with van der Waals surface area (Å²) in [5.74, 6) is 1.32. The minimum absolute atomic E-state index is 0.309. The van der Waals surface area contributed by atoms with Gasteiger partial charge in [0.05, 0.1) is 0 Å². The molecule has 1 aliphatic carbocycles. The number of rotatable bonds is 2. The van der Waals surface area contributed by atoms with Gasteiger partial charge in [-0.2, -0.15) is 0 Å². The minimum Gasteiger partial charge on any atom is -0.508 e. The first-order valence-corrected chi connectivity index (χ1v) is 8.20. The summed E-state index contributed by atoms with van der Waals surface area (Å²) in [7, 11) is 0. The summed E-state index contributed by atoms with van der Waals surface area (Å²) in [5.41, 5.74) is 1.06. The zero-order valence-corrected chi connectivity index (χ0v) is 13.1. The van der Waals surface area contributed by atoms with Crippen molar-refractivity contribution in [3.8, 4) is 5.75 Å². The van der Waals surface area contributed by atoms with Crippen LogP contribution in [0.3, 0.4) is 0 Å².